The molecule has 2 aromatic rings. The Balaban J connectivity index is 1.98. The second-order valence-electron chi connectivity index (χ2n) is 4.91. The summed E-state index contributed by atoms with van der Waals surface area (Å²) in [5, 5.41) is 0. The van der Waals surface area contributed by atoms with Crippen molar-refractivity contribution in [3.8, 4) is 11.1 Å². The van der Waals surface area contributed by atoms with E-state index in [0.29, 0.717) is 5.92 Å². The Kier molecular flexibility index (Phi) is 3.38. The normalized spacial score (nSPS) is 13.4. The number of alkyl halides is 1. The minimum Gasteiger partial charge on any atom is -0.127 e. The highest BCUT2D eigenvalue weighted by Gasteiger charge is 2.26. The maximum Gasteiger partial charge on any atom is 0.0223 e. The summed E-state index contributed by atoms with van der Waals surface area (Å²) in [6, 6.07) is 17.6. The summed E-state index contributed by atoms with van der Waals surface area (Å²) in [4.78, 5) is 0. The number of benzene rings is 2. The highest BCUT2D eigenvalue weighted by molar-refractivity contribution is 6.17. The first-order chi connectivity index (χ1) is 8.92. The van der Waals surface area contributed by atoms with Gasteiger partial charge in [-0.25, -0.2) is 0 Å². The van der Waals surface area contributed by atoms with Gasteiger partial charge in [-0.1, -0.05) is 55.0 Å². The molecule has 3 rings (SSSR count). The molecule has 0 aromatic heterocycles. The van der Waals surface area contributed by atoms with Gasteiger partial charge >= 0.3 is 0 Å². The molecule has 0 radical (unpaired) electrons. The zero-order valence-corrected chi connectivity index (χ0v) is 11.2. The molecular formula is C17H17Cl. The van der Waals surface area contributed by atoms with E-state index < -0.39 is 0 Å². The van der Waals surface area contributed by atoms with Gasteiger partial charge in [0.1, 0.15) is 0 Å². The monoisotopic (exact) mass is 256 g/mol. The lowest BCUT2D eigenvalue weighted by molar-refractivity contribution is 0.661. The average molecular weight is 257 g/mol. The van der Waals surface area contributed by atoms with Crippen LogP contribution in [0, 0.1) is 0 Å². The van der Waals surface area contributed by atoms with Crippen molar-refractivity contribution in [3.63, 3.8) is 0 Å². The van der Waals surface area contributed by atoms with Crippen LogP contribution in [0.2, 0.25) is 0 Å². The predicted molar refractivity (Wildman–Crippen MR) is 78.3 cm³/mol. The van der Waals surface area contributed by atoms with E-state index in [1.165, 1.54) is 35.1 Å². The van der Waals surface area contributed by atoms with Crippen LogP contribution in [0.25, 0.3) is 11.1 Å². The van der Waals surface area contributed by atoms with Crippen molar-refractivity contribution in [2.45, 2.75) is 25.2 Å². The van der Waals surface area contributed by atoms with Gasteiger partial charge in [-0.15, -0.1) is 11.6 Å². The molecular weight excluding hydrogens is 240 g/mol. The molecule has 1 heteroatoms. The third-order valence-electron chi connectivity index (χ3n) is 3.84. The van der Waals surface area contributed by atoms with Gasteiger partial charge in [0.2, 0.25) is 0 Å². The van der Waals surface area contributed by atoms with Gasteiger partial charge in [0.15, 0.2) is 0 Å². The minimum atomic E-state index is 0.570. The van der Waals surface area contributed by atoms with E-state index in [1.54, 1.807) is 0 Å². The summed E-state index contributed by atoms with van der Waals surface area (Å²) < 4.78 is 0. The first-order valence-corrected chi connectivity index (χ1v) is 7.19. The third kappa shape index (κ3) is 1.95. The number of fused-ring (bicyclic) bond motifs is 3. The van der Waals surface area contributed by atoms with Crippen LogP contribution in [0.3, 0.4) is 0 Å². The maximum absolute atomic E-state index is 5.79. The van der Waals surface area contributed by atoms with Crippen LogP contribution in [0.15, 0.2) is 48.5 Å². The molecule has 0 saturated heterocycles. The Hall–Kier alpha value is -1.27. The van der Waals surface area contributed by atoms with Crippen molar-refractivity contribution in [3.05, 3.63) is 59.7 Å². The maximum atomic E-state index is 5.79. The number of unbranched alkanes of at least 4 members (excludes halogenated alkanes) is 1. The van der Waals surface area contributed by atoms with Crippen molar-refractivity contribution < 1.29 is 0 Å². The predicted octanol–water partition coefficient (Wildman–Crippen LogP) is 5.21. The van der Waals surface area contributed by atoms with E-state index in [-0.39, 0.29) is 0 Å². The molecule has 0 aliphatic heterocycles. The van der Waals surface area contributed by atoms with E-state index in [0.717, 1.165) is 12.3 Å². The lowest BCUT2D eigenvalue weighted by atomic mass is 9.92. The number of rotatable bonds is 4. The molecule has 0 saturated carbocycles. The Bertz CT molecular complexity index is 499. The number of hydrogen-bond donors (Lipinski definition) is 0. The zero-order valence-electron chi connectivity index (χ0n) is 10.4. The summed E-state index contributed by atoms with van der Waals surface area (Å²) in [5.41, 5.74) is 5.83. The van der Waals surface area contributed by atoms with Gasteiger partial charge in [0.05, 0.1) is 0 Å². The molecule has 92 valence electrons. The molecule has 0 unspecified atom stereocenters. The van der Waals surface area contributed by atoms with Gasteiger partial charge in [-0.2, -0.15) is 0 Å². The largest absolute Gasteiger partial charge is 0.127 e. The molecule has 1 aliphatic carbocycles. The Morgan fingerprint density at radius 2 is 1.33 bits per heavy atom. The van der Waals surface area contributed by atoms with Gasteiger partial charge in [-0.3, -0.25) is 0 Å². The van der Waals surface area contributed by atoms with Crippen LogP contribution in [-0.2, 0) is 0 Å². The van der Waals surface area contributed by atoms with E-state index in [2.05, 4.69) is 48.5 Å². The highest BCUT2D eigenvalue weighted by Crippen LogP contribution is 2.46. The first-order valence-electron chi connectivity index (χ1n) is 6.66. The number of hydrogen-bond acceptors (Lipinski definition) is 0. The first kappa shape index (κ1) is 11.8. The van der Waals surface area contributed by atoms with Crippen molar-refractivity contribution in [1.82, 2.24) is 0 Å². The fourth-order valence-electron chi connectivity index (χ4n) is 3.01. The van der Waals surface area contributed by atoms with E-state index in [9.17, 15) is 0 Å². The second-order valence-corrected chi connectivity index (χ2v) is 5.29. The summed E-state index contributed by atoms with van der Waals surface area (Å²) in [7, 11) is 0. The zero-order chi connectivity index (χ0) is 12.4. The molecule has 0 heterocycles. The number of halogens is 1. The lowest BCUT2D eigenvalue weighted by Crippen LogP contribution is -1.96. The quantitative estimate of drug-likeness (QED) is 0.520. The van der Waals surface area contributed by atoms with Crippen LogP contribution in [0.1, 0.15) is 36.3 Å². The smallest absolute Gasteiger partial charge is 0.0223 e. The summed E-state index contributed by atoms with van der Waals surface area (Å²) in [6.07, 6.45) is 3.53. The molecule has 1 aliphatic rings. The van der Waals surface area contributed by atoms with Crippen LogP contribution < -0.4 is 0 Å². The summed E-state index contributed by atoms with van der Waals surface area (Å²) >= 11 is 5.79. The van der Waals surface area contributed by atoms with Gasteiger partial charge < -0.3 is 0 Å². The molecule has 0 spiro atoms. The van der Waals surface area contributed by atoms with Crippen LogP contribution in [-0.4, -0.2) is 5.88 Å². The Morgan fingerprint density at radius 1 is 0.778 bits per heavy atom. The lowest BCUT2D eigenvalue weighted by Gasteiger charge is -2.12. The van der Waals surface area contributed by atoms with Crippen molar-refractivity contribution in [1.29, 1.82) is 0 Å². The minimum absolute atomic E-state index is 0.570. The third-order valence-corrected chi connectivity index (χ3v) is 4.11. The van der Waals surface area contributed by atoms with E-state index in [1.807, 2.05) is 0 Å². The standard InChI is InChI=1S/C17H17Cl/c18-12-6-5-11-17-15-9-3-1-7-13(15)14-8-2-4-10-16(14)17/h1-4,7-10,17H,5-6,11-12H2. The summed E-state index contributed by atoms with van der Waals surface area (Å²) in [5.74, 6) is 1.34. The second kappa shape index (κ2) is 5.16. The molecule has 0 atom stereocenters. The fraction of sp³-hybridized carbons (Fsp3) is 0.294. The molecule has 0 N–H and O–H groups in total. The molecule has 0 amide bonds. The van der Waals surface area contributed by atoms with E-state index in [4.69, 9.17) is 11.6 Å². The molecule has 0 nitrogen and oxygen atoms in total. The van der Waals surface area contributed by atoms with Gasteiger partial charge in [0, 0.05) is 11.8 Å². The Morgan fingerprint density at radius 3 is 1.89 bits per heavy atom. The molecule has 0 bridgehead atoms. The Labute approximate surface area is 114 Å². The summed E-state index contributed by atoms with van der Waals surface area (Å²) in [6.45, 7) is 0. The molecule has 18 heavy (non-hydrogen) atoms. The highest BCUT2D eigenvalue weighted by atomic mass is 35.5. The SMILES string of the molecule is ClCCCCC1c2ccccc2-c2ccccc21. The topological polar surface area (TPSA) is 0 Å². The van der Waals surface area contributed by atoms with Gasteiger partial charge in [-0.05, 0) is 35.1 Å². The average Bonchev–Trinajstić information content (AvgIpc) is 2.74. The van der Waals surface area contributed by atoms with Crippen LogP contribution in [0.5, 0.6) is 0 Å². The fourth-order valence-corrected chi connectivity index (χ4v) is 3.20. The van der Waals surface area contributed by atoms with Crippen LogP contribution in [0.4, 0.5) is 0 Å². The van der Waals surface area contributed by atoms with Crippen molar-refractivity contribution in [2.24, 2.45) is 0 Å². The molecule has 2 aromatic carbocycles. The van der Waals surface area contributed by atoms with Gasteiger partial charge in [0.25, 0.3) is 0 Å². The van der Waals surface area contributed by atoms with Crippen molar-refractivity contribution >= 4 is 11.6 Å². The van der Waals surface area contributed by atoms with E-state index >= 15 is 0 Å². The molecule has 0 fully saturated rings. The van der Waals surface area contributed by atoms with Crippen LogP contribution >= 0.6 is 11.6 Å². The van der Waals surface area contributed by atoms with Crippen molar-refractivity contribution in [2.75, 3.05) is 5.88 Å².